The van der Waals surface area contributed by atoms with Crippen molar-refractivity contribution in [2.24, 2.45) is 0 Å². The van der Waals surface area contributed by atoms with Crippen LogP contribution in [0.4, 0.5) is 4.39 Å². The molecule has 2 heterocycles. The van der Waals surface area contributed by atoms with Crippen LogP contribution < -0.4 is 0 Å². The Bertz CT molecular complexity index is 433. The number of halogens is 2. The lowest BCUT2D eigenvalue weighted by molar-refractivity contribution is -0.185. The zero-order valence-electron chi connectivity index (χ0n) is 10.7. The molecule has 0 amide bonds. The second-order valence-electron chi connectivity index (χ2n) is 5.08. The molecule has 1 aromatic carbocycles. The molecule has 2 aliphatic rings. The Balaban J connectivity index is 1.63. The van der Waals surface area contributed by atoms with E-state index in [2.05, 4.69) is 4.90 Å². The summed E-state index contributed by atoms with van der Waals surface area (Å²) in [5.41, 5.74) is 0.577. The first kappa shape index (κ1) is 13.3. The van der Waals surface area contributed by atoms with Crippen molar-refractivity contribution in [2.75, 3.05) is 26.3 Å². The van der Waals surface area contributed by atoms with Gasteiger partial charge in [0.1, 0.15) is 5.82 Å². The summed E-state index contributed by atoms with van der Waals surface area (Å²) in [5, 5.41) is 0.494. The lowest BCUT2D eigenvalue weighted by atomic mass is 10.0. The van der Waals surface area contributed by atoms with Crippen LogP contribution in [0.1, 0.15) is 18.4 Å². The highest BCUT2D eigenvalue weighted by atomic mass is 35.5. The zero-order chi connectivity index (χ0) is 13.3. The summed E-state index contributed by atoms with van der Waals surface area (Å²) in [5.74, 6) is -0.614. The minimum Gasteiger partial charge on any atom is -0.347 e. The molecule has 0 radical (unpaired) electrons. The molecule has 0 aromatic heterocycles. The number of piperidine rings is 1. The molecule has 19 heavy (non-hydrogen) atoms. The Hall–Kier alpha value is -0.680. The number of likely N-dealkylation sites (tertiary alicyclic amines) is 1. The number of benzene rings is 1. The first-order valence-corrected chi connectivity index (χ1v) is 6.99. The third-order valence-corrected chi connectivity index (χ3v) is 4.23. The predicted molar refractivity (Wildman–Crippen MR) is 70.6 cm³/mol. The Morgan fingerprint density at radius 1 is 1.21 bits per heavy atom. The van der Waals surface area contributed by atoms with Crippen molar-refractivity contribution in [3.8, 4) is 0 Å². The number of hydrogen-bond acceptors (Lipinski definition) is 3. The van der Waals surface area contributed by atoms with E-state index in [1.165, 1.54) is 6.07 Å². The molecule has 0 bridgehead atoms. The molecule has 2 saturated heterocycles. The van der Waals surface area contributed by atoms with Crippen LogP contribution in [0.25, 0.3) is 0 Å². The Morgan fingerprint density at radius 2 is 1.89 bits per heavy atom. The highest BCUT2D eigenvalue weighted by molar-refractivity contribution is 6.31. The van der Waals surface area contributed by atoms with Crippen molar-refractivity contribution < 1.29 is 13.9 Å². The van der Waals surface area contributed by atoms with Crippen LogP contribution in [0.15, 0.2) is 18.2 Å². The van der Waals surface area contributed by atoms with Gasteiger partial charge in [-0.25, -0.2) is 4.39 Å². The van der Waals surface area contributed by atoms with E-state index in [0.29, 0.717) is 30.3 Å². The van der Waals surface area contributed by atoms with Crippen LogP contribution in [-0.2, 0) is 16.0 Å². The summed E-state index contributed by atoms with van der Waals surface area (Å²) in [6.45, 7) is 3.58. The van der Waals surface area contributed by atoms with Crippen molar-refractivity contribution in [1.82, 2.24) is 4.90 Å². The monoisotopic (exact) mass is 285 g/mol. The average molecular weight is 286 g/mol. The Labute approximate surface area is 117 Å². The van der Waals surface area contributed by atoms with E-state index in [1.54, 1.807) is 12.1 Å². The summed E-state index contributed by atoms with van der Waals surface area (Å²) in [6.07, 6.45) is 1.66. The fraction of sp³-hybridized carbons (Fsp3) is 0.571. The molecule has 0 aliphatic carbocycles. The molecule has 3 rings (SSSR count). The second-order valence-corrected chi connectivity index (χ2v) is 5.49. The first-order valence-electron chi connectivity index (χ1n) is 6.62. The highest BCUT2D eigenvalue weighted by Crippen LogP contribution is 2.32. The van der Waals surface area contributed by atoms with Crippen LogP contribution in [0.3, 0.4) is 0 Å². The van der Waals surface area contributed by atoms with Gasteiger partial charge in [0.15, 0.2) is 5.79 Å². The molecular formula is C14H17ClFNO2. The van der Waals surface area contributed by atoms with Crippen LogP contribution in [0, 0.1) is 5.82 Å². The fourth-order valence-electron chi connectivity index (χ4n) is 2.74. The number of nitrogens with zero attached hydrogens (tertiary/aromatic N) is 1. The van der Waals surface area contributed by atoms with Crippen LogP contribution in [-0.4, -0.2) is 37.0 Å². The smallest absolute Gasteiger partial charge is 0.170 e. The van der Waals surface area contributed by atoms with Gasteiger partial charge in [0.05, 0.1) is 13.2 Å². The van der Waals surface area contributed by atoms with Crippen LogP contribution in [0.5, 0.6) is 0 Å². The van der Waals surface area contributed by atoms with Gasteiger partial charge in [-0.05, 0) is 12.1 Å². The van der Waals surface area contributed by atoms with Gasteiger partial charge >= 0.3 is 0 Å². The molecule has 0 unspecified atom stereocenters. The molecular weight excluding hydrogens is 269 g/mol. The van der Waals surface area contributed by atoms with Gasteiger partial charge in [0.2, 0.25) is 0 Å². The number of ether oxygens (including phenoxy) is 2. The van der Waals surface area contributed by atoms with Gasteiger partial charge in [-0.1, -0.05) is 17.7 Å². The number of rotatable bonds is 2. The highest BCUT2D eigenvalue weighted by Gasteiger charge is 2.39. The molecule has 1 spiro atoms. The van der Waals surface area contributed by atoms with Crippen molar-refractivity contribution in [3.63, 3.8) is 0 Å². The van der Waals surface area contributed by atoms with Gasteiger partial charge in [-0.2, -0.15) is 0 Å². The van der Waals surface area contributed by atoms with E-state index in [-0.39, 0.29) is 11.6 Å². The molecule has 0 N–H and O–H groups in total. The SMILES string of the molecule is Fc1cccc(Cl)c1CN1CCC2(CC1)OCCO2. The summed E-state index contributed by atoms with van der Waals surface area (Å²) in [6, 6.07) is 4.82. The fourth-order valence-corrected chi connectivity index (χ4v) is 2.97. The second kappa shape index (κ2) is 5.37. The van der Waals surface area contributed by atoms with Gasteiger partial charge in [0, 0.05) is 43.1 Å². The Kier molecular flexibility index (Phi) is 3.76. The molecule has 5 heteroatoms. The molecule has 0 saturated carbocycles. The standard InChI is InChI=1S/C14H17ClFNO2/c15-12-2-1-3-13(16)11(12)10-17-6-4-14(5-7-17)18-8-9-19-14/h1-3H,4-10H2. The largest absolute Gasteiger partial charge is 0.347 e. The third-order valence-electron chi connectivity index (χ3n) is 3.87. The molecule has 2 aliphatic heterocycles. The molecule has 104 valence electrons. The predicted octanol–water partition coefficient (Wildman–Crippen LogP) is 2.82. The minimum atomic E-state index is -0.379. The minimum absolute atomic E-state index is 0.235. The molecule has 3 nitrogen and oxygen atoms in total. The van der Waals surface area contributed by atoms with Crippen molar-refractivity contribution in [1.29, 1.82) is 0 Å². The van der Waals surface area contributed by atoms with Gasteiger partial charge in [0.25, 0.3) is 0 Å². The van der Waals surface area contributed by atoms with E-state index < -0.39 is 0 Å². The summed E-state index contributed by atoms with van der Waals surface area (Å²) < 4.78 is 25.1. The summed E-state index contributed by atoms with van der Waals surface area (Å²) in [4.78, 5) is 2.20. The maximum Gasteiger partial charge on any atom is 0.170 e. The van der Waals surface area contributed by atoms with E-state index in [1.807, 2.05) is 0 Å². The average Bonchev–Trinajstić information content (AvgIpc) is 2.85. The van der Waals surface area contributed by atoms with Gasteiger partial charge < -0.3 is 9.47 Å². The topological polar surface area (TPSA) is 21.7 Å². The van der Waals surface area contributed by atoms with Crippen molar-refractivity contribution >= 4 is 11.6 Å². The molecule has 2 fully saturated rings. The summed E-state index contributed by atoms with van der Waals surface area (Å²) >= 11 is 6.05. The lowest BCUT2D eigenvalue weighted by Gasteiger charge is -2.37. The van der Waals surface area contributed by atoms with E-state index in [9.17, 15) is 4.39 Å². The lowest BCUT2D eigenvalue weighted by Crippen LogP contribution is -2.44. The maximum absolute atomic E-state index is 13.7. The third kappa shape index (κ3) is 2.77. The van der Waals surface area contributed by atoms with Gasteiger partial charge in [-0.15, -0.1) is 0 Å². The zero-order valence-corrected chi connectivity index (χ0v) is 11.5. The van der Waals surface area contributed by atoms with E-state index in [4.69, 9.17) is 21.1 Å². The summed E-state index contributed by atoms with van der Waals surface area (Å²) in [7, 11) is 0. The maximum atomic E-state index is 13.7. The Morgan fingerprint density at radius 3 is 2.53 bits per heavy atom. The van der Waals surface area contributed by atoms with Crippen molar-refractivity contribution in [2.45, 2.75) is 25.2 Å². The first-order chi connectivity index (χ1) is 9.19. The van der Waals surface area contributed by atoms with Crippen molar-refractivity contribution in [3.05, 3.63) is 34.6 Å². The van der Waals surface area contributed by atoms with Crippen LogP contribution >= 0.6 is 11.6 Å². The van der Waals surface area contributed by atoms with Crippen LogP contribution in [0.2, 0.25) is 5.02 Å². The molecule has 1 aromatic rings. The van der Waals surface area contributed by atoms with E-state index in [0.717, 1.165) is 25.9 Å². The van der Waals surface area contributed by atoms with Gasteiger partial charge in [-0.3, -0.25) is 4.90 Å². The molecule has 0 atom stereocenters. The van der Waals surface area contributed by atoms with E-state index >= 15 is 0 Å². The normalized spacial score (nSPS) is 23.1. The number of hydrogen-bond donors (Lipinski definition) is 0. The quantitative estimate of drug-likeness (QED) is 0.834.